The molecule has 0 heterocycles. The molecule has 0 unspecified atom stereocenters. The molecule has 0 fully saturated rings. The fourth-order valence-corrected chi connectivity index (χ4v) is 8.79. The number of rotatable bonds is 4. The van der Waals surface area contributed by atoms with Gasteiger partial charge < -0.3 is 42.5 Å². The van der Waals surface area contributed by atoms with E-state index in [9.17, 15) is 0 Å². The maximum atomic E-state index is 5.79. The van der Waals surface area contributed by atoms with E-state index in [1.165, 1.54) is 109 Å². The van der Waals surface area contributed by atoms with Crippen molar-refractivity contribution in [2.75, 3.05) is 79.3 Å². The van der Waals surface area contributed by atoms with Gasteiger partial charge >= 0.3 is 0 Å². The molecule has 56 heavy (non-hydrogen) atoms. The third-order valence-corrected chi connectivity index (χ3v) is 12.7. The van der Waals surface area contributed by atoms with Crippen molar-refractivity contribution in [2.45, 2.75) is 101 Å². The number of hydrogen-bond donors (Lipinski definition) is 4. The van der Waals surface area contributed by atoms with E-state index in [1.54, 1.807) is 0 Å². The molecule has 0 bridgehead atoms. The van der Waals surface area contributed by atoms with Crippen molar-refractivity contribution in [3.8, 4) is 0 Å². The maximum absolute atomic E-state index is 5.79. The standard InChI is InChI=1S/4C12H18N2/c2*1-14(2)12-6-4-9-7-11(13)5-3-10(9)8-12;2*1-14(2)12-6-4-9-3-5-11(13)7-10(9)8-12/h4*3,5,7,12H,4,6,8,13H2,1-2H3/t4*12-/m1010/s1. The SMILES string of the molecule is CN(C)[C@@H]1CCc2cc(N)ccc2C1.CN(C)[C@@H]1CCc2ccc(N)cc2C1.CN(C)[C@H]1CCc2cc(N)ccc2C1.CN(C)[C@H]1CCc2ccc(N)cc2C1. The van der Waals surface area contributed by atoms with Gasteiger partial charge in [-0.05, 0) is 226 Å². The van der Waals surface area contributed by atoms with Crippen molar-refractivity contribution in [2.24, 2.45) is 0 Å². The molecule has 4 atom stereocenters. The molecule has 8 nitrogen and oxygen atoms in total. The molecule has 304 valence electrons. The lowest BCUT2D eigenvalue weighted by atomic mass is 9.87. The Labute approximate surface area is 339 Å². The van der Waals surface area contributed by atoms with Gasteiger partial charge in [-0.25, -0.2) is 0 Å². The molecule has 0 aromatic heterocycles. The van der Waals surface area contributed by atoms with Crippen LogP contribution in [-0.4, -0.2) is 100 Å². The molecule has 8 N–H and O–H groups in total. The highest BCUT2D eigenvalue weighted by Crippen LogP contribution is 2.28. The number of hydrogen-bond acceptors (Lipinski definition) is 8. The van der Waals surface area contributed by atoms with Gasteiger partial charge in [0.2, 0.25) is 0 Å². The zero-order valence-corrected chi connectivity index (χ0v) is 35.8. The minimum Gasteiger partial charge on any atom is -0.399 e. The summed E-state index contributed by atoms with van der Waals surface area (Å²) in [6.07, 6.45) is 14.4. The quantitative estimate of drug-likeness (QED) is 0.169. The Balaban J connectivity index is 0.000000143. The van der Waals surface area contributed by atoms with Gasteiger partial charge in [0, 0.05) is 46.9 Å². The second-order valence-corrected chi connectivity index (χ2v) is 17.6. The second kappa shape index (κ2) is 19.9. The summed E-state index contributed by atoms with van der Waals surface area (Å²) in [4.78, 5) is 9.26. The highest BCUT2D eigenvalue weighted by atomic mass is 15.1. The smallest absolute Gasteiger partial charge is 0.0316 e. The summed E-state index contributed by atoms with van der Waals surface area (Å²) in [6, 6.07) is 28.0. The summed E-state index contributed by atoms with van der Waals surface area (Å²) in [5, 5.41) is 0. The van der Waals surface area contributed by atoms with E-state index in [4.69, 9.17) is 22.9 Å². The van der Waals surface area contributed by atoms with E-state index in [0.29, 0.717) is 24.2 Å². The normalized spacial score (nSPS) is 20.9. The van der Waals surface area contributed by atoms with Crippen molar-refractivity contribution in [1.29, 1.82) is 0 Å². The number of aryl methyl sites for hydroxylation is 4. The average molecular weight is 761 g/mol. The molecule has 0 radical (unpaired) electrons. The van der Waals surface area contributed by atoms with Crippen molar-refractivity contribution >= 4 is 22.7 Å². The second-order valence-electron chi connectivity index (χ2n) is 17.6. The highest BCUT2D eigenvalue weighted by molar-refractivity contribution is 5.48. The van der Waals surface area contributed by atoms with Gasteiger partial charge in [0.1, 0.15) is 0 Å². The molecule has 4 aromatic carbocycles. The summed E-state index contributed by atoms with van der Waals surface area (Å²) in [5.74, 6) is 0. The Kier molecular flexibility index (Phi) is 15.3. The largest absolute Gasteiger partial charge is 0.399 e. The van der Waals surface area contributed by atoms with Gasteiger partial charge in [0.15, 0.2) is 0 Å². The number of likely N-dealkylation sites (N-methyl/N-ethyl adjacent to an activating group) is 4. The number of benzene rings is 4. The number of nitrogens with two attached hydrogens (primary N) is 4. The zero-order chi connectivity index (χ0) is 40.5. The maximum Gasteiger partial charge on any atom is 0.0316 e. The first kappa shape index (κ1) is 43.1. The Morgan fingerprint density at radius 2 is 0.554 bits per heavy atom. The van der Waals surface area contributed by atoms with Crippen LogP contribution in [0.4, 0.5) is 22.7 Å². The first-order valence-corrected chi connectivity index (χ1v) is 20.8. The lowest BCUT2D eigenvalue weighted by Gasteiger charge is -2.29. The van der Waals surface area contributed by atoms with Crippen LogP contribution in [0.25, 0.3) is 0 Å². The summed E-state index contributed by atoms with van der Waals surface area (Å²) < 4.78 is 0. The third kappa shape index (κ3) is 12.0. The Morgan fingerprint density at radius 3 is 0.839 bits per heavy atom. The van der Waals surface area contributed by atoms with E-state index in [-0.39, 0.29) is 0 Å². The molecule has 4 aromatic rings. The molecule has 0 amide bonds. The van der Waals surface area contributed by atoms with Gasteiger partial charge in [-0.1, -0.05) is 24.3 Å². The van der Waals surface area contributed by atoms with Crippen LogP contribution in [0.5, 0.6) is 0 Å². The predicted octanol–water partition coefficient (Wildman–Crippen LogP) is 6.75. The Bertz CT molecular complexity index is 1730. The third-order valence-electron chi connectivity index (χ3n) is 12.7. The minimum atomic E-state index is 0.685. The Morgan fingerprint density at radius 1 is 0.321 bits per heavy atom. The summed E-state index contributed by atoms with van der Waals surface area (Å²) >= 11 is 0. The fourth-order valence-electron chi connectivity index (χ4n) is 8.79. The summed E-state index contributed by atoms with van der Waals surface area (Å²) in [5.41, 5.74) is 38.4. The molecule has 8 heteroatoms. The zero-order valence-electron chi connectivity index (χ0n) is 35.8. The fraction of sp³-hybridized carbons (Fsp3) is 0.500. The van der Waals surface area contributed by atoms with E-state index in [1.807, 2.05) is 24.3 Å². The summed E-state index contributed by atoms with van der Waals surface area (Å²) in [6.45, 7) is 0. The molecular weight excluding hydrogens is 689 g/mol. The van der Waals surface area contributed by atoms with E-state index < -0.39 is 0 Å². The average Bonchev–Trinajstić information content (AvgIpc) is 3.17. The Hall–Kier alpha value is -4.08. The molecule has 0 saturated carbocycles. The van der Waals surface area contributed by atoms with Crippen LogP contribution >= 0.6 is 0 Å². The van der Waals surface area contributed by atoms with Crippen LogP contribution in [0.3, 0.4) is 0 Å². The highest BCUT2D eigenvalue weighted by Gasteiger charge is 2.23. The number of nitrogens with zero attached hydrogens (tertiary/aromatic N) is 4. The first-order chi connectivity index (χ1) is 26.7. The number of anilines is 4. The molecule has 0 saturated heterocycles. The lowest BCUT2D eigenvalue weighted by Crippen LogP contribution is -2.33. The van der Waals surface area contributed by atoms with E-state index in [0.717, 1.165) is 35.6 Å². The van der Waals surface area contributed by atoms with Crippen LogP contribution in [-0.2, 0) is 51.4 Å². The number of nitrogen functional groups attached to an aromatic ring is 4. The predicted molar refractivity (Wildman–Crippen MR) is 241 cm³/mol. The molecule has 0 spiro atoms. The van der Waals surface area contributed by atoms with Crippen molar-refractivity contribution in [3.63, 3.8) is 0 Å². The molecule has 4 aliphatic rings. The van der Waals surface area contributed by atoms with Gasteiger partial charge in [0.05, 0.1) is 0 Å². The van der Waals surface area contributed by atoms with Crippen LogP contribution in [0, 0.1) is 0 Å². The topological polar surface area (TPSA) is 117 Å². The van der Waals surface area contributed by atoms with Gasteiger partial charge in [-0.2, -0.15) is 0 Å². The van der Waals surface area contributed by atoms with Crippen molar-refractivity contribution in [1.82, 2.24) is 19.6 Å². The van der Waals surface area contributed by atoms with Crippen LogP contribution < -0.4 is 22.9 Å². The monoisotopic (exact) mass is 761 g/mol. The lowest BCUT2D eigenvalue weighted by molar-refractivity contribution is 0.268. The molecule has 0 aliphatic heterocycles. The molecular formula is C48H72N8. The molecule has 4 aliphatic carbocycles. The minimum absolute atomic E-state index is 0.685. The van der Waals surface area contributed by atoms with Gasteiger partial charge in [0.25, 0.3) is 0 Å². The van der Waals surface area contributed by atoms with Crippen molar-refractivity contribution in [3.05, 3.63) is 117 Å². The van der Waals surface area contributed by atoms with Crippen LogP contribution in [0.1, 0.15) is 70.2 Å². The van der Waals surface area contributed by atoms with Crippen LogP contribution in [0.15, 0.2) is 72.8 Å². The van der Waals surface area contributed by atoms with E-state index >= 15 is 0 Å². The van der Waals surface area contributed by atoms with Crippen molar-refractivity contribution < 1.29 is 0 Å². The summed E-state index contributed by atoms with van der Waals surface area (Å²) in [7, 11) is 17.3. The first-order valence-electron chi connectivity index (χ1n) is 20.8. The van der Waals surface area contributed by atoms with Gasteiger partial charge in [-0.15, -0.1) is 0 Å². The van der Waals surface area contributed by atoms with Gasteiger partial charge in [-0.3, -0.25) is 0 Å². The van der Waals surface area contributed by atoms with Crippen LogP contribution in [0.2, 0.25) is 0 Å². The molecule has 8 rings (SSSR count). The van der Waals surface area contributed by atoms with E-state index in [2.05, 4.69) is 125 Å². The number of fused-ring (bicyclic) bond motifs is 4.